The van der Waals surface area contributed by atoms with E-state index < -0.39 is 46.4 Å². The number of halogens is 6. The Morgan fingerprint density at radius 1 is 0.316 bits per heavy atom. The van der Waals surface area contributed by atoms with Gasteiger partial charge in [-0.25, -0.2) is 0 Å². The predicted molar refractivity (Wildman–Crippen MR) is 368 cm³/mol. The second kappa shape index (κ2) is 22.7. The third-order valence-corrected chi connectivity index (χ3v) is 25.1. The van der Waals surface area contributed by atoms with Gasteiger partial charge in [0.1, 0.15) is 23.0 Å². The summed E-state index contributed by atoms with van der Waals surface area (Å²) in [6, 6.07) is 56.6. The second-order valence-corrected chi connectivity index (χ2v) is 32.2. The van der Waals surface area contributed by atoms with E-state index in [2.05, 4.69) is 13.2 Å². The molecule has 0 amide bonds. The van der Waals surface area contributed by atoms with E-state index in [-0.39, 0.29) is 67.5 Å². The average Bonchev–Trinajstić information content (AvgIpc) is 1.63. The lowest BCUT2D eigenvalue weighted by Crippen LogP contribution is -2.28. The Hall–Kier alpha value is -9.22. The molecule has 0 atom stereocenters. The third kappa shape index (κ3) is 11.3. The highest BCUT2D eigenvalue weighted by atomic mass is 32.2. The fraction of sp³-hybridized carbons (Fsp3) is 0.135. The van der Waals surface area contributed by atoms with Crippen LogP contribution in [0.3, 0.4) is 0 Å². The van der Waals surface area contributed by atoms with Crippen molar-refractivity contribution in [3.05, 3.63) is 239 Å². The zero-order valence-corrected chi connectivity index (χ0v) is 55.5. The quantitative estimate of drug-likeness (QED) is 0.116. The third-order valence-electron chi connectivity index (χ3n) is 16.8. The lowest BCUT2D eigenvalue weighted by Gasteiger charge is -2.32. The van der Waals surface area contributed by atoms with Crippen LogP contribution in [0.25, 0.3) is 110 Å². The molecule has 0 aliphatic carbocycles. The average molecular weight is 1360 g/mol. The summed E-state index contributed by atoms with van der Waals surface area (Å²) in [7, 11) is -26.7. The van der Waals surface area contributed by atoms with Gasteiger partial charge in [-0.15, -0.1) is 4.86 Å². The maximum atomic E-state index is 16.1. The minimum Gasteiger partial charge on any atom is -0.417 e. The molecule has 11 nitrogen and oxygen atoms in total. The fourth-order valence-electron chi connectivity index (χ4n) is 13.3. The SMILES string of the molecule is Cc1cc(C)cc(-c2cc3ccccc3c3c2OP(=NS(=O)(=O)C(F)(F)F)(NP2(=NS(=O)(=O)C(F)(F)F)Oc4c(-c5cc(C)cc(C)c5)cc5ccccc5c4-c4c(c(-c5cc(C)cc(C)c5)cc5ccccc45)O2)Oc2c(-c4cc(C)cc(C)c4)cc4ccccc4c2-3)c1. The highest BCUT2D eigenvalue weighted by Gasteiger charge is 2.56. The zero-order valence-electron chi connectivity index (χ0n) is 52.1. The number of rotatable bonds is 8. The molecular formula is C74H57F6N3O8P2S2. The molecule has 0 saturated carbocycles. The second-order valence-electron chi connectivity index (χ2n) is 24.4. The molecule has 12 aromatic rings. The largest absolute Gasteiger partial charge is 0.518 e. The molecular weight excluding hydrogens is 1300 g/mol. The number of hydrogen-bond donors (Lipinski definition) is 1. The number of nitrogens with zero attached hydrogens (tertiary/aromatic N) is 2. The van der Waals surface area contributed by atoms with Gasteiger partial charge in [-0.05, 0) is 145 Å². The van der Waals surface area contributed by atoms with Crippen LogP contribution in [0.15, 0.2) is 202 Å². The van der Waals surface area contributed by atoms with E-state index in [1.54, 1.807) is 170 Å². The smallest absolute Gasteiger partial charge is 0.417 e. The Morgan fingerprint density at radius 2 is 0.516 bits per heavy atom. The molecule has 1 N–H and O–H groups in total. The first-order valence-corrected chi connectivity index (χ1v) is 36.1. The molecule has 480 valence electrons. The van der Waals surface area contributed by atoms with Crippen LogP contribution in [0, 0.1) is 55.4 Å². The molecule has 0 unspecified atom stereocenters. The number of nitrogens with one attached hydrogen (secondary N) is 1. The van der Waals surface area contributed by atoms with Gasteiger partial charge in [0.2, 0.25) is 0 Å². The number of fused-ring (bicyclic) bond motifs is 14. The van der Waals surface area contributed by atoms with Gasteiger partial charge in [-0.3, -0.25) is 0 Å². The maximum absolute atomic E-state index is 16.1. The molecule has 2 aliphatic heterocycles. The number of hydrogen-bond acceptors (Lipinski definition) is 8. The van der Waals surface area contributed by atoms with E-state index in [0.717, 1.165) is 44.5 Å². The van der Waals surface area contributed by atoms with E-state index in [9.17, 15) is 16.8 Å². The molecule has 21 heteroatoms. The van der Waals surface area contributed by atoms with Crippen molar-refractivity contribution in [2.24, 2.45) is 8.30 Å². The Labute approximate surface area is 544 Å². The minimum atomic E-state index is -7.05. The molecule has 12 aromatic carbocycles. The molecule has 0 bridgehead atoms. The number of sulfonamides is 2. The van der Waals surface area contributed by atoms with Crippen molar-refractivity contribution in [1.82, 2.24) is 4.86 Å². The van der Waals surface area contributed by atoms with Crippen molar-refractivity contribution < 1.29 is 61.3 Å². The Balaban J connectivity index is 1.23. The lowest BCUT2D eigenvalue weighted by molar-refractivity contribution is -0.0440. The number of alkyl halides is 6. The van der Waals surface area contributed by atoms with Crippen LogP contribution >= 0.6 is 15.3 Å². The Bertz CT molecular complexity index is 4980. The van der Waals surface area contributed by atoms with Crippen molar-refractivity contribution in [1.29, 1.82) is 0 Å². The first-order valence-electron chi connectivity index (χ1n) is 30.0. The van der Waals surface area contributed by atoms with Crippen molar-refractivity contribution in [3.8, 4) is 89.8 Å². The first-order chi connectivity index (χ1) is 45.0. The van der Waals surface area contributed by atoms with E-state index in [1.165, 1.54) is 0 Å². The molecule has 0 fully saturated rings. The monoisotopic (exact) mass is 1360 g/mol. The van der Waals surface area contributed by atoms with Gasteiger partial charge in [-0.2, -0.15) is 43.2 Å². The summed E-state index contributed by atoms with van der Waals surface area (Å²) >= 11 is 0. The fourth-order valence-corrected chi connectivity index (χ4v) is 21.6. The standard InChI is InChI=1S/C74H57F6N3O8P2S2/c1-41-25-42(2)30-53(29-41)61-37-49-17-9-13-21-57(49)65-66-58-22-14-10-18-50(58)38-62(54-31-43(3)26-44(4)32-54)70(66)89-92(88-69(61)65,82-94(84,85)73(75,76)77)81-93(83-95(86,87)74(78,79)80)90-71-63(55-33-45(5)27-46(6)34-55)39-51-19-11-15-23-59(51)67(71)68-60-24-16-12-20-52(60)40-64(72(68)91-93)56-35-47(7)28-48(8)36-56/h9-40,81H,1-8H3. The zero-order chi connectivity index (χ0) is 67.1. The van der Waals surface area contributed by atoms with Gasteiger partial charge >= 0.3 is 46.4 Å². The highest BCUT2D eigenvalue weighted by Crippen LogP contribution is 2.72. The predicted octanol–water partition coefficient (Wildman–Crippen LogP) is 22.2. The summed E-state index contributed by atoms with van der Waals surface area (Å²) < 4.78 is 192. The van der Waals surface area contributed by atoms with Crippen LogP contribution in [-0.2, 0) is 20.0 Å². The summed E-state index contributed by atoms with van der Waals surface area (Å²) in [6.07, 6.45) is 0. The summed E-state index contributed by atoms with van der Waals surface area (Å²) in [4.78, 5) is 2.62. The summed E-state index contributed by atoms with van der Waals surface area (Å²) in [5.41, 5.74) is -4.21. The lowest BCUT2D eigenvalue weighted by atomic mass is 9.86. The van der Waals surface area contributed by atoms with Crippen LogP contribution in [0.2, 0.25) is 0 Å². The normalized spacial score (nSPS) is 14.3. The van der Waals surface area contributed by atoms with E-state index in [0.29, 0.717) is 65.3 Å². The van der Waals surface area contributed by atoms with Gasteiger partial charge in [0.15, 0.2) is 0 Å². The maximum Gasteiger partial charge on any atom is 0.518 e. The number of aryl methyl sites for hydroxylation is 8. The Kier molecular flexibility index (Phi) is 15.1. The molecule has 0 saturated heterocycles. The summed E-state index contributed by atoms with van der Waals surface area (Å²) in [5.74, 6) is -1.47. The highest BCUT2D eigenvalue weighted by molar-refractivity contribution is 7.96. The van der Waals surface area contributed by atoms with Gasteiger partial charge in [0.25, 0.3) is 0 Å². The molecule has 14 rings (SSSR count). The van der Waals surface area contributed by atoms with Gasteiger partial charge < -0.3 is 18.1 Å². The van der Waals surface area contributed by atoms with Crippen molar-refractivity contribution in [2.45, 2.75) is 66.4 Å². The molecule has 2 aliphatic rings. The van der Waals surface area contributed by atoms with Crippen molar-refractivity contribution in [2.75, 3.05) is 0 Å². The van der Waals surface area contributed by atoms with E-state index >= 15 is 26.3 Å². The van der Waals surface area contributed by atoms with Crippen LogP contribution < -0.4 is 23.0 Å². The Morgan fingerprint density at radius 3 is 0.716 bits per heavy atom. The summed E-state index contributed by atoms with van der Waals surface area (Å²) in [6.45, 7) is 14.6. The molecule has 0 aromatic heterocycles. The molecule has 0 radical (unpaired) electrons. The van der Waals surface area contributed by atoms with E-state index in [4.69, 9.17) is 18.1 Å². The van der Waals surface area contributed by atoms with Crippen LogP contribution in [-0.4, -0.2) is 27.9 Å². The first kappa shape index (κ1) is 63.2. The molecule has 0 spiro atoms. The van der Waals surface area contributed by atoms with Crippen molar-refractivity contribution >= 4 is 78.5 Å². The minimum absolute atomic E-state index is 0.131. The summed E-state index contributed by atoms with van der Waals surface area (Å²) in [5, 5.41) is 3.84. The van der Waals surface area contributed by atoms with Crippen LogP contribution in [0.4, 0.5) is 26.3 Å². The molecule has 95 heavy (non-hydrogen) atoms. The van der Waals surface area contributed by atoms with Crippen molar-refractivity contribution in [3.63, 3.8) is 0 Å². The van der Waals surface area contributed by atoms with Gasteiger partial charge in [-0.1, -0.05) is 223 Å². The van der Waals surface area contributed by atoms with Gasteiger partial charge in [0.05, 0.1) is 0 Å². The topological polar surface area (TPSA) is 142 Å². The van der Waals surface area contributed by atoms with Gasteiger partial charge in [0, 0.05) is 44.5 Å². The number of benzene rings is 12. The molecule has 2 heterocycles. The van der Waals surface area contributed by atoms with E-state index in [1.807, 2.05) is 79.7 Å². The van der Waals surface area contributed by atoms with Crippen LogP contribution in [0.5, 0.6) is 23.0 Å². The van der Waals surface area contributed by atoms with Crippen LogP contribution in [0.1, 0.15) is 44.5 Å².